The lowest BCUT2D eigenvalue weighted by Crippen LogP contribution is -2.33. The van der Waals surface area contributed by atoms with Gasteiger partial charge in [0.2, 0.25) is 0 Å². The first-order chi connectivity index (χ1) is 8.08. The molecule has 92 valence electrons. The summed E-state index contributed by atoms with van der Waals surface area (Å²) in [5.41, 5.74) is -1.28. The van der Waals surface area contributed by atoms with Gasteiger partial charge in [0.25, 0.3) is 5.56 Å². The molecule has 0 radical (unpaired) electrons. The van der Waals surface area contributed by atoms with Crippen molar-refractivity contribution in [3.05, 3.63) is 32.1 Å². The minimum atomic E-state index is -0.649. The van der Waals surface area contributed by atoms with Crippen LogP contribution in [0.5, 0.6) is 0 Å². The first-order valence-electron chi connectivity index (χ1n) is 5.17. The highest BCUT2D eigenvalue weighted by atomic mass is 35.5. The lowest BCUT2D eigenvalue weighted by Gasteiger charge is -2.08. The van der Waals surface area contributed by atoms with E-state index in [-0.39, 0.29) is 23.3 Å². The van der Waals surface area contributed by atoms with Crippen molar-refractivity contribution >= 4 is 17.4 Å². The van der Waals surface area contributed by atoms with E-state index >= 15 is 0 Å². The Hall–Kier alpha value is -1.40. The maximum Gasteiger partial charge on any atom is 0.328 e. The zero-order valence-electron chi connectivity index (χ0n) is 8.94. The minimum Gasteiger partial charge on any atom is -0.381 e. The van der Waals surface area contributed by atoms with Gasteiger partial charge in [0.1, 0.15) is 5.02 Å². The smallest absolute Gasteiger partial charge is 0.328 e. The van der Waals surface area contributed by atoms with Gasteiger partial charge in [-0.15, -0.1) is 0 Å². The molecule has 7 heteroatoms. The van der Waals surface area contributed by atoms with E-state index in [0.29, 0.717) is 19.6 Å². The predicted molar refractivity (Wildman–Crippen MR) is 60.3 cm³/mol. The Labute approximate surface area is 101 Å². The van der Waals surface area contributed by atoms with Crippen LogP contribution in [0.4, 0.5) is 0 Å². The highest BCUT2D eigenvalue weighted by molar-refractivity contribution is 6.30. The second-order valence-electron chi connectivity index (χ2n) is 3.89. The van der Waals surface area contributed by atoms with Crippen LogP contribution >= 0.6 is 11.6 Å². The van der Waals surface area contributed by atoms with E-state index in [1.807, 2.05) is 4.98 Å². The van der Waals surface area contributed by atoms with E-state index in [9.17, 15) is 14.4 Å². The summed E-state index contributed by atoms with van der Waals surface area (Å²) in [5, 5.41) is -0.111. The summed E-state index contributed by atoms with van der Waals surface area (Å²) in [7, 11) is 0. The van der Waals surface area contributed by atoms with Crippen molar-refractivity contribution in [2.45, 2.75) is 13.0 Å². The van der Waals surface area contributed by atoms with Gasteiger partial charge in [0.15, 0.2) is 5.78 Å². The Morgan fingerprint density at radius 2 is 2.35 bits per heavy atom. The summed E-state index contributed by atoms with van der Waals surface area (Å²) in [6, 6.07) is 0. The maximum absolute atomic E-state index is 11.8. The molecular weight excluding hydrogens is 248 g/mol. The van der Waals surface area contributed by atoms with Crippen LogP contribution in [0.1, 0.15) is 6.42 Å². The van der Waals surface area contributed by atoms with Crippen LogP contribution in [-0.4, -0.2) is 28.5 Å². The molecule has 17 heavy (non-hydrogen) atoms. The molecule has 0 spiro atoms. The first kappa shape index (κ1) is 12.1. The fourth-order valence-electron chi connectivity index (χ4n) is 1.69. The van der Waals surface area contributed by atoms with Crippen LogP contribution in [0, 0.1) is 5.92 Å². The molecule has 0 amide bonds. The zero-order valence-corrected chi connectivity index (χ0v) is 9.70. The first-order valence-corrected chi connectivity index (χ1v) is 5.55. The molecule has 1 fully saturated rings. The second kappa shape index (κ2) is 4.85. The number of Topliss-reactive ketones (excluding diaryl/α,β-unsaturated/α-hetero) is 1. The number of aromatic amines is 1. The number of ketones is 1. The normalized spacial score (nSPS) is 19.5. The van der Waals surface area contributed by atoms with Gasteiger partial charge in [0, 0.05) is 18.7 Å². The number of H-pyrrole nitrogens is 1. The third-order valence-corrected chi connectivity index (χ3v) is 2.95. The monoisotopic (exact) mass is 258 g/mol. The van der Waals surface area contributed by atoms with Gasteiger partial charge in [-0.2, -0.15) is 0 Å². The Balaban J connectivity index is 2.18. The van der Waals surface area contributed by atoms with Gasteiger partial charge in [-0.05, 0) is 6.42 Å². The van der Waals surface area contributed by atoms with Gasteiger partial charge >= 0.3 is 5.69 Å². The van der Waals surface area contributed by atoms with Crippen molar-refractivity contribution in [2.24, 2.45) is 5.92 Å². The van der Waals surface area contributed by atoms with Crippen LogP contribution in [0.25, 0.3) is 0 Å². The summed E-state index contributed by atoms with van der Waals surface area (Å²) in [6.07, 6.45) is 1.85. The highest BCUT2D eigenvalue weighted by Crippen LogP contribution is 2.13. The Morgan fingerprint density at radius 3 is 3.00 bits per heavy atom. The molecule has 2 rings (SSSR count). The predicted octanol–water partition coefficient (Wildman–Crippen LogP) is -0.204. The molecule has 0 bridgehead atoms. The lowest BCUT2D eigenvalue weighted by atomic mass is 10.0. The summed E-state index contributed by atoms with van der Waals surface area (Å²) < 4.78 is 6.20. The largest absolute Gasteiger partial charge is 0.381 e. The Morgan fingerprint density at radius 1 is 1.59 bits per heavy atom. The van der Waals surface area contributed by atoms with Crippen molar-refractivity contribution in [2.75, 3.05) is 13.2 Å². The number of carbonyl (C=O) groups is 1. The van der Waals surface area contributed by atoms with E-state index < -0.39 is 11.2 Å². The third-order valence-electron chi connectivity index (χ3n) is 2.68. The fraction of sp³-hybridized carbons (Fsp3) is 0.500. The van der Waals surface area contributed by atoms with Gasteiger partial charge in [-0.25, -0.2) is 4.79 Å². The molecule has 6 nitrogen and oxygen atoms in total. The second-order valence-corrected chi connectivity index (χ2v) is 4.30. The van der Waals surface area contributed by atoms with Crippen molar-refractivity contribution in [3.63, 3.8) is 0 Å². The molecule has 0 aromatic carbocycles. The summed E-state index contributed by atoms with van der Waals surface area (Å²) in [5.74, 6) is -0.264. The minimum absolute atomic E-state index is 0.0901. The van der Waals surface area contributed by atoms with Crippen molar-refractivity contribution in [3.8, 4) is 0 Å². The lowest BCUT2D eigenvalue weighted by molar-refractivity contribution is -0.123. The van der Waals surface area contributed by atoms with Crippen LogP contribution in [0.2, 0.25) is 5.02 Å². The van der Waals surface area contributed by atoms with Gasteiger partial charge in [-0.3, -0.25) is 19.1 Å². The number of rotatable bonds is 3. The van der Waals surface area contributed by atoms with Gasteiger partial charge in [-0.1, -0.05) is 11.6 Å². The molecule has 1 aromatic heterocycles. The number of hydrogen-bond acceptors (Lipinski definition) is 4. The van der Waals surface area contributed by atoms with Crippen LogP contribution in [0.15, 0.2) is 15.8 Å². The van der Waals surface area contributed by atoms with Gasteiger partial charge < -0.3 is 4.74 Å². The molecule has 1 saturated heterocycles. The summed E-state index contributed by atoms with van der Waals surface area (Å²) >= 11 is 5.59. The molecule has 1 unspecified atom stereocenters. The average Bonchev–Trinajstić information content (AvgIpc) is 2.79. The van der Waals surface area contributed by atoms with E-state index in [2.05, 4.69) is 0 Å². The molecule has 0 aliphatic carbocycles. The molecule has 1 atom stereocenters. The zero-order chi connectivity index (χ0) is 12.4. The average molecular weight is 259 g/mol. The van der Waals surface area contributed by atoms with Gasteiger partial charge in [0.05, 0.1) is 13.2 Å². The summed E-state index contributed by atoms with van der Waals surface area (Å²) in [6.45, 7) is 0.867. The summed E-state index contributed by atoms with van der Waals surface area (Å²) in [4.78, 5) is 36.3. The van der Waals surface area contributed by atoms with Crippen LogP contribution in [-0.2, 0) is 16.1 Å². The van der Waals surface area contributed by atoms with Crippen molar-refractivity contribution < 1.29 is 9.53 Å². The highest BCUT2D eigenvalue weighted by Gasteiger charge is 2.23. The molecule has 1 aliphatic rings. The Bertz CT molecular complexity index is 542. The number of carbonyl (C=O) groups excluding carboxylic acids is 1. The third kappa shape index (κ3) is 2.65. The number of halogens is 1. The van der Waals surface area contributed by atoms with Crippen LogP contribution in [0.3, 0.4) is 0 Å². The standard InChI is InChI=1S/C10H11ClN2O4/c11-7-3-13(10(16)12-9(7)15)4-8(14)6-1-2-17-5-6/h3,6H,1-2,4-5H2,(H,12,15,16). The van der Waals surface area contributed by atoms with E-state index in [0.717, 1.165) is 4.57 Å². The maximum atomic E-state index is 11.8. The molecule has 1 aromatic rings. The number of hydrogen-bond donors (Lipinski definition) is 1. The SMILES string of the molecule is O=C(Cn1cc(Cl)c(=O)[nH]c1=O)C1CCOC1. The molecule has 0 saturated carbocycles. The molecule has 1 N–H and O–H groups in total. The molecule has 1 aliphatic heterocycles. The quantitative estimate of drug-likeness (QED) is 0.814. The van der Waals surface area contributed by atoms with E-state index in [1.54, 1.807) is 0 Å². The van der Waals surface area contributed by atoms with Crippen LogP contribution < -0.4 is 11.2 Å². The van der Waals surface area contributed by atoms with Crippen molar-refractivity contribution in [1.82, 2.24) is 9.55 Å². The topological polar surface area (TPSA) is 81.2 Å². The van der Waals surface area contributed by atoms with E-state index in [1.165, 1.54) is 6.20 Å². The molecular formula is C10H11ClN2O4. The fourth-order valence-corrected chi connectivity index (χ4v) is 1.85. The van der Waals surface area contributed by atoms with Crippen molar-refractivity contribution in [1.29, 1.82) is 0 Å². The number of nitrogens with one attached hydrogen (secondary N) is 1. The number of aromatic nitrogens is 2. The Kier molecular flexibility index (Phi) is 3.44. The number of ether oxygens (including phenoxy) is 1. The number of nitrogens with zero attached hydrogens (tertiary/aromatic N) is 1. The molecule has 2 heterocycles. The van der Waals surface area contributed by atoms with E-state index in [4.69, 9.17) is 16.3 Å².